The maximum absolute atomic E-state index is 10.7. The van der Waals surface area contributed by atoms with Gasteiger partial charge in [0.25, 0.3) is 5.69 Å². The molecule has 106 valence electrons. The summed E-state index contributed by atoms with van der Waals surface area (Å²) in [5.74, 6) is 0. The smallest absolute Gasteiger partial charge is 0.270 e. The highest BCUT2D eigenvalue weighted by Crippen LogP contribution is 2.25. The highest BCUT2D eigenvalue weighted by atomic mass is 127. The molecule has 2 rings (SSSR count). The van der Waals surface area contributed by atoms with Crippen molar-refractivity contribution in [3.05, 3.63) is 31.9 Å². The number of nitrogens with zero attached hydrogens (tertiary/aromatic N) is 3. The van der Waals surface area contributed by atoms with Gasteiger partial charge in [-0.15, -0.1) is 0 Å². The first-order valence-corrected chi connectivity index (χ1v) is 7.48. The van der Waals surface area contributed by atoms with E-state index in [-0.39, 0.29) is 10.6 Å². The molecule has 1 aromatic rings. The monoisotopic (exact) mass is 386 g/mol. The van der Waals surface area contributed by atoms with E-state index in [1.807, 2.05) is 0 Å². The van der Waals surface area contributed by atoms with Gasteiger partial charge < -0.3 is 5.32 Å². The predicted molar refractivity (Wildman–Crippen MR) is 84.5 cm³/mol. The van der Waals surface area contributed by atoms with Gasteiger partial charge in [-0.05, 0) is 41.5 Å². The Bertz CT molecular complexity index is 536. The van der Waals surface area contributed by atoms with Crippen LogP contribution in [0.2, 0.25) is 0 Å². The third-order valence-electron chi connectivity index (χ3n) is 3.41. The summed E-state index contributed by atoms with van der Waals surface area (Å²) in [4.78, 5) is 12.5. The summed E-state index contributed by atoms with van der Waals surface area (Å²) < 4.78 is 0.858. The third kappa shape index (κ3) is 3.80. The molecule has 1 aliphatic rings. The molecule has 1 aliphatic heterocycles. The standard InChI is InChI=1S/C13H15IN4O2/c14-12-9-11(18(19)20)1-2-13(12)16-10-3-6-17(7-4-10)8-5-15/h1-2,9-10,16H,3-4,6-8H2. The second kappa shape index (κ2) is 6.85. The summed E-state index contributed by atoms with van der Waals surface area (Å²) in [5.41, 5.74) is 1.05. The molecule has 0 aromatic heterocycles. The van der Waals surface area contributed by atoms with Gasteiger partial charge in [-0.1, -0.05) is 0 Å². The van der Waals surface area contributed by atoms with E-state index in [9.17, 15) is 10.1 Å². The zero-order chi connectivity index (χ0) is 14.5. The molecule has 1 N–H and O–H groups in total. The largest absolute Gasteiger partial charge is 0.381 e. The number of rotatable bonds is 4. The van der Waals surface area contributed by atoms with E-state index in [4.69, 9.17) is 5.26 Å². The number of nitro groups is 1. The maximum atomic E-state index is 10.7. The van der Waals surface area contributed by atoms with Gasteiger partial charge in [0.05, 0.1) is 17.5 Å². The van der Waals surface area contributed by atoms with E-state index in [1.54, 1.807) is 12.1 Å². The fourth-order valence-electron chi connectivity index (χ4n) is 2.29. The molecular weight excluding hydrogens is 371 g/mol. The van der Waals surface area contributed by atoms with Crippen LogP contribution in [-0.4, -0.2) is 35.5 Å². The fraction of sp³-hybridized carbons (Fsp3) is 0.462. The van der Waals surface area contributed by atoms with Crippen molar-refractivity contribution in [2.45, 2.75) is 18.9 Å². The van der Waals surface area contributed by atoms with E-state index >= 15 is 0 Å². The van der Waals surface area contributed by atoms with Crippen LogP contribution in [0.1, 0.15) is 12.8 Å². The summed E-state index contributed by atoms with van der Waals surface area (Å²) in [5, 5.41) is 22.8. The van der Waals surface area contributed by atoms with E-state index in [2.05, 4.69) is 38.9 Å². The lowest BCUT2D eigenvalue weighted by molar-refractivity contribution is -0.384. The van der Waals surface area contributed by atoms with Crippen molar-refractivity contribution in [2.75, 3.05) is 25.0 Å². The van der Waals surface area contributed by atoms with Crippen LogP contribution >= 0.6 is 22.6 Å². The first-order chi connectivity index (χ1) is 9.60. The molecule has 0 radical (unpaired) electrons. The lowest BCUT2D eigenvalue weighted by Gasteiger charge is -2.31. The van der Waals surface area contributed by atoms with Crippen molar-refractivity contribution < 1.29 is 4.92 Å². The van der Waals surface area contributed by atoms with Crippen LogP contribution in [0.4, 0.5) is 11.4 Å². The Kier molecular flexibility index (Phi) is 5.14. The zero-order valence-electron chi connectivity index (χ0n) is 10.9. The lowest BCUT2D eigenvalue weighted by atomic mass is 10.0. The fourth-order valence-corrected chi connectivity index (χ4v) is 2.94. The Morgan fingerprint density at radius 2 is 2.20 bits per heavy atom. The number of nitriles is 1. The van der Waals surface area contributed by atoms with Crippen molar-refractivity contribution in [3.63, 3.8) is 0 Å². The molecule has 0 unspecified atom stereocenters. The average molecular weight is 386 g/mol. The molecule has 6 nitrogen and oxygen atoms in total. The third-order valence-corrected chi connectivity index (χ3v) is 4.30. The molecule has 1 saturated heterocycles. The van der Waals surface area contributed by atoms with Gasteiger partial charge in [-0.3, -0.25) is 15.0 Å². The molecular formula is C13H15IN4O2. The van der Waals surface area contributed by atoms with Gasteiger partial charge in [-0.2, -0.15) is 5.26 Å². The van der Waals surface area contributed by atoms with Crippen LogP contribution in [-0.2, 0) is 0 Å². The van der Waals surface area contributed by atoms with Gasteiger partial charge in [0.15, 0.2) is 0 Å². The molecule has 1 fully saturated rings. The van der Waals surface area contributed by atoms with Crippen molar-refractivity contribution in [2.24, 2.45) is 0 Å². The molecule has 0 aliphatic carbocycles. The highest BCUT2D eigenvalue weighted by Gasteiger charge is 2.19. The van der Waals surface area contributed by atoms with E-state index < -0.39 is 0 Å². The minimum Gasteiger partial charge on any atom is -0.381 e. The SMILES string of the molecule is N#CCN1CCC(Nc2ccc([N+](=O)[O-])cc2I)CC1. The molecule has 7 heteroatoms. The number of likely N-dealkylation sites (tertiary alicyclic amines) is 1. The van der Waals surface area contributed by atoms with E-state index in [0.717, 1.165) is 35.2 Å². The number of halogens is 1. The van der Waals surface area contributed by atoms with Crippen LogP contribution in [0.15, 0.2) is 18.2 Å². The average Bonchev–Trinajstić information content (AvgIpc) is 2.43. The second-order valence-corrected chi connectivity index (χ2v) is 5.94. The van der Waals surface area contributed by atoms with Crippen LogP contribution in [0.25, 0.3) is 0 Å². The number of non-ortho nitro benzene ring substituents is 1. The van der Waals surface area contributed by atoms with Gasteiger partial charge in [-0.25, -0.2) is 0 Å². The van der Waals surface area contributed by atoms with Gasteiger partial charge in [0, 0.05) is 40.5 Å². The molecule has 0 atom stereocenters. The predicted octanol–water partition coefficient (Wildman–Crippen LogP) is 2.60. The van der Waals surface area contributed by atoms with Crippen LogP contribution in [0, 0.1) is 25.0 Å². The molecule has 1 heterocycles. The van der Waals surface area contributed by atoms with Gasteiger partial charge >= 0.3 is 0 Å². The Morgan fingerprint density at radius 3 is 2.75 bits per heavy atom. The number of nitro benzene ring substituents is 1. The number of anilines is 1. The van der Waals surface area contributed by atoms with Crippen molar-refractivity contribution in [1.29, 1.82) is 5.26 Å². The number of hydrogen-bond donors (Lipinski definition) is 1. The van der Waals surface area contributed by atoms with Crippen molar-refractivity contribution >= 4 is 34.0 Å². The summed E-state index contributed by atoms with van der Waals surface area (Å²) >= 11 is 2.11. The lowest BCUT2D eigenvalue weighted by Crippen LogP contribution is -2.39. The Morgan fingerprint density at radius 1 is 1.50 bits per heavy atom. The number of nitrogens with one attached hydrogen (secondary N) is 1. The van der Waals surface area contributed by atoms with Crippen LogP contribution in [0.5, 0.6) is 0 Å². The molecule has 0 spiro atoms. The van der Waals surface area contributed by atoms with Crippen molar-refractivity contribution in [1.82, 2.24) is 4.90 Å². The Balaban J connectivity index is 1.95. The quantitative estimate of drug-likeness (QED) is 0.372. The summed E-state index contributed by atoms with van der Waals surface area (Å²) in [6.07, 6.45) is 1.96. The molecule has 0 bridgehead atoms. The molecule has 0 amide bonds. The molecule has 1 aromatic carbocycles. The topological polar surface area (TPSA) is 82.2 Å². The van der Waals surface area contributed by atoms with Gasteiger partial charge in [0.2, 0.25) is 0 Å². The Hall–Kier alpha value is -1.40. The molecule has 20 heavy (non-hydrogen) atoms. The number of benzene rings is 1. The minimum atomic E-state index is -0.383. The highest BCUT2D eigenvalue weighted by molar-refractivity contribution is 14.1. The zero-order valence-corrected chi connectivity index (χ0v) is 13.0. The first kappa shape index (κ1) is 15.0. The van der Waals surface area contributed by atoms with Crippen LogP contribution in [0.3, 0.4) is 0 Å². The maximum Gasteiger partial charge on any atom is 0.270 e. The normalized spacial score (nSPS) is 16.6. The van der Waals surface area contributed by atoms with Gasteiger partial charge in [0.1, 0.15) is 0 Å². The van der Waals surface area contributed by atoms with Crippen molar-refractivity contribution in [3.8, 4) is 6.07 Å². The molecule has 0 saturated carbocycles. The van der Waals surface area contributed by atoms with E-state index in [1.165, 1.54) is 6.07 Å². The second-order valence-electron chi connectivity index (χ2n) is 4.77. The van der Waals surface area contributed by atoms with Crippen LogP contribution < -0.4 is 5.32 Å². The number of hydrogen-bond acceptors (Lipinski definition) is 5. The first-order valence-electron chi connectivity index (χ1n) is 6.40. The summed E-state index contributed by atoms with van der Waals surface area (Å²) in [7, 11) is 0. The van der Waals surface area contributed by atoms with E-state index in [0.29, 0.717) is 12.6 Å². The minimum absolute atomic E-state index is 0.115. The number of piperidine rings is 1. The Labute approximate surface area is 131 Å². The summed E-state index contributed by atoms with van der Waals surface area (Å²) in [6.45, 7) is 2.31. The summed E-state index contributed by atoms with van der Waals surface area (Å²) in [6, 6.07) is 7.40.